The van der Waals surface area contributed by atoms with Gasteiger partial charge < -0.3 is 10.6 Å². The van der Waals surface area contributed by atoms with Gasteiger partial charge in [0.1, 0.15) is 6.29 Å². The maximum Gasteiger partial charge on any atom is 0.146 e. The van der Waals surface area contributed by atoms with Crippen LogP contribution in [0.5, 0.6) is 0 Å². The smallest absolute Gasteiger partial charge is 0.146 e. The molecule has 1 heterocycles. The molecule has 13 heavy (non-hydrogen) atoms. The second kappa shape index (κ2) is 4.05. The lowest BCUT2D eigenvalue weighted by Gasteiger charge is -2.30. The monoisotopic (exact) mass is 178 g/mol. The lowest BCUT2D eigenvalue weighted by Crippen LogP contribution is -2.29. The van der Waals surface area contributed by atoms with Crippen molar-refractivity contribution in [2.75, 3.05) is 13.1 Å². The second-order valence-corrected chi connectivity index (χ2v) is 3.01. The van der Waals surface area contributed by atoms with Crippen molar-refractivity contribution in [3.05, 3.63) is 36.2 Å². The van der Waals surface area contributed by atoms with E-state index in [0.717, 1.165) is 23.3 Å². The van der Waals surface area contributed by atoms with Crippen molar-refractivity contribution < 1.29 is 4.79 Å². The Balaban J connectivity index is 2.81. The fourth-order valence-electron chi connectivity index (χ4n) is 1.38. The van der Waals surface area contributed by atoms with Gasteiger partial charge in [-0.15, -0.1) is 0 Å². The second-order valence-electron chi connectivity index (χ2n) is 3.01. The van der Waals surface area contributed by atoms with E-state index >= 15 is 0 Å². The molecule has 0 spiro atoms. The summed E-state index contributed by atoms with van der Waals surface area (Å²) >= 11 is 0. The first-order valence-corrected chi connectivity index (χ1v) is 4.19. The predicted molar refractivity (Wildman–Crippen MR) is 52.8 cm³/mol. The number of rotatable bonds is 3. The van der Waals surface area contributed by atoms with Gasteiger partial charge in [0.25, 0.3) is 0 Å². The minimum absolute atomic E-state index is 0.558. The molecule has 0 atom stereocenters. The van der Waals surface area contributed by atoms with Crippen LogP contribution in [0, 0.1) is 0 Å². The van der Waals surface area contributed by atoms with Gasteiger partial charge in [-0.3, -0.25) is 4.79 Å². The van der Waals surface area contributed by atoms with Gasteiger partial charge in [0, 0.05) is 30.9 Å². The Morgan fingerprint density at radius 2 is 2.31 bits per heavy atom. The third kappa shape index (κ3) is 2.06. The summed E-state index contributed by atoms with van der Waals surface area (Å²) in [6, 6.07) is 0. The van der Waals surface area contributed by atoms with Crippen molar-refractivity contribution in [3.8, 4) is 0 Å². The summed E-state index contributed by atoms with van der Waals surface area (Å²) in [5.74, 6) is 0. The fourth-order valence-corrected chi connectivity index (χ4v) is 1.38. The Labute approximate surface area is 78.2 Å². The molecule has 70 valence electrons. The summed E-state index contributed by atoms with van der Waals surface area (Å²) in [5.41, 5.74) is 7.85. The predicted octanol–water partition coefficient (Wildman–Crippen LogP) is 0.803. The summed E-state index contributed by atoms with van der Waals surface area (Å²) in [6.45, 7) is 8.98. The molecule has 0 saturated heterocycles. The minimum Gasteiger partial charge on any atom is -0.345 e. The van der Waals surface area contributed by atoms with Crippen LogP contribution in [0.4, 0.5) is 0 Å². The molecule has 0 radical (unpaired) electrons. The molecule has 2 N–H and O–H groups in total. The highest BCUT2D eigenvalue weighted by atomic mass is 16.1. The van der Waals surface area contributed by atoms with Gasteiger partial charge in [0.15, 0.2) is 0 Å². The van der Waals surface area contributed by atoms with Crippen molar-refractivity contribution >= 4 is 6.29 Å². The van der Waals surface area contributed by atoms with E-state index < -0.39 is 0 Å². The Kier molecular flexibility index (Phi) is 3.03. The number of allylic oxidation sites excluding steroid dienone is 2. The van der Waals surface area contributed by atoms with Crippen LogP contribution in [0.3, 0.4) is 0 Å². The van der Waals surface area contributed by atoms with Crippen molar-refractivity contribution in [2.24, 2.45) is 5.73 Å². The van der Waals surface area contributed by atoms with Crippen LogP contribution in [-0.2, 0) is 4.79 Å². The van der Waals surface area contributed by atoms with Crippen molar-refractivity contribution in [1.82, 2.24) is 4.90 Å². The molecule has 0 amide bonds. The zero-order valence-corrected chi connectivity index (χ0v) is 7.62. The number of nitrogens with zero attached hydrogens (tertiary/aromatic N) is 1. The largest absolute Gasteiger partial charge is 0.345 e. The number of hydrogen-bond donors (Lipinski definition) is 1. The Hall–Kier alpha value is -1.35. The molecule has 0 saturated carbocycles. The minimum atomic E-state index is 0.558. The molecule has 0 bridgehead atoms. The molecule has 0 aromatic heterocycles. The molecule has 0 fully saturated rings. The Morgan fingerprint density at radius 1 is 1.62 bits per heavy atom. The summed E-state index contributed by atoms with van der Waals surface area (Å²) in [4.78, 5) is 12.5. The van der Waals surface area contributed by atoms with Gasteiger partial charge in [-0.05, 0) is 11.6 Å². The number of nitrogens with two attached hydrogens (primary N) is 1. The van der Waals surface area contributed by atoms with E-state index in [4.69, 9.17) is 5.73 Å². The van der Waals surface area contributed by atoms with Crippen molar-refractivity contribution in [3.63, 3.8) is 0 Å². The lowest BCUT2D eigenvalue weighted by molar-refractivity contribution is -0.105. The van der Waals surface area contributed by atoms with E-state index in [0.29, 0.717) is 19.5 Å². The number of hydrogen-bond acceptors (Lipinski definition) is 3. The molecule has 1 aliphatic rings. The SMILES string of the molecule is C=C1C=C(C=O)CC(=C)N1CCN. The summed E-state index contributed by atoms with van der Waals surface area (Å²) < 4.78 is 0. The topological polar surface area (TPSA) is 46.3 Å². The van der Waals surface area contributed by atoms with E-state index in [1.54, 1.807) is 6.08 Å². The zero-order valence-electron chi connectivity index (χ0n) is 7.62. The van der Waals surface area contributed by atoms with Gasteiger partial charge in [0.2, 0.25) is 0 Å². The van der Waals surface area contributed by atoms with Crippen LogP contribution < -0.4 is 5.73 Å². The van der Waals surface area contributed by atoms with Crippen molar-refractivity contribution in [2.45, 2.75) is 6.42 Å². The molecule has 0 aliphatic carbocycles. The number of carbonyl (C=O) groups is 1. The van der Waals surface area contributed by atoms with Gasteiger partial charge in [0.05, 0.1) is 0 Å². The number of carbonyl (C=O) groups excluding carboxylic acids is 1. The average molecular weight is 178 g/mol. The van der Waals surface area contributed by atoms with Crippen LogP contribution in [0.2, 0.25) is 0 Å². The quantitative estimate of drug-likeness (QED) is 0.650. The fraction of sp³-hybridized carbons (Fsp3) is 0.300. The molecule has 1 aliphatic heterocycles. The van der Waals surface area contributed by atoms with Crippen molar-refractivity contribution in [1.29, 1.82) is 0 Å². The average Bonchev–Trinajstić information content (AvgIpc) is 2.11. The van der Waals surface area contributed by atoms with E-state index in [1.165, 1.54) is 0 Å². The molecule has 0 aromatic carbocycles. The maximum absolute atomic E-state index is 10.5. The van der Waals surface area contributed by atoms with E-state index in [-0.39, 0.29) is 0 Å². The van der Waals surface area contributed by atoms with E-state index in [1.807, 2.05) is 4.90 Å². The summed E-state index contributed by atoms with van der Waals surface area (Å²) in [6.07, 6.45) is 3.22. The number of aldehydes is 1. The zero-order chi connectivity index (χ0) is 9.84. The molecule has 1 rings (SSSR count). The maximum atomic E-state index is 10.5. The highest BCUT2D eigenvalue weighted by molar-refractivity contribution is 5.75. The third-order valence-electron chi connectivity index (χ3n) is 1.99. The summed E-state index contributed by atoms with van der Waals surface area (Å²) in [7, 11) is 0. The molecule has 3 heteroatoms. The van der Waals surface area contributed by atoms with Crippen LogP contribution in [-0.4, -0.2) is 24.3 Å². The molecule has 3 nitrogen and oxygen atoms in total. The first kappa shape index (κ1) is 9.74. The molecular formula is C10H14N2O. The van der Waals surface area contributed by atoms with Gasteiger partial charge in [-0.1, -0.05) is 13.2 Å². The third-order valence-corrected chi connectivity index (χ3v) is 1.99. The van der Waals surface area contributed by atoms with Gasteiger partial charge in [-0.25, -0.2) is 0 Å². The van der Waals surface area contributed by atoms with Crippen LogP contribution >= 0.6 is 0 Å². The van der Waals surface area contributed by atoms with E-state index in [2.05, 4.69) is 13.2 Å². The highest BCUT2D eigenvalue weighted by Crippen LogP contribution is 2.24. The van der Waals surface area contributed by atoms with Gasteiger partial charge >= 0.3 is 0 Å². The molecule has 0 unspecified atom stereocenters. The standard InChI is InChI=1S/C10H14N2O/c1-8-5-10(7-13)6-9(2)12(8)4-3-11/h5,7H,1-4,6,11H2. The normalized spacial score (nSPS) is 17.3. The first-order valence-electron chi connectivity index (χ1n) is 4.19. The lowest BCUT2D eigenvalue weighted by atomic mass is 10.1. The van der Waals surface area contributed by atoms with E-state index in [9.17, 15) is 4.79 Å². The van der Waals surface area contributed by atoms with Gasteiger partial charge in [-0.2, -0.15) is 0 Å². The molecular weight excluding hydrogens is 164 g/mol. The summed E-state index contributed by atoms with van der Waals surface area (Å²) in [5, 5.41) is 0. The molecule has 0 aromatic rings. The Morgan fingerprint density at radius 3 is 2.77 bits per heavy atom. The Bertz CT molecular complexity index is 279. The van der Waals surface area contributed by atoms with Crippen LogP contribution in [0.1, 0.15) is 6.42 Å². The van der Waals surface area contributed by atoms with Crippen LogP contribution in [0.15, 0.2) is 36.2 Å². The van der Waals surface area contributed by atoms with Crippen LogP contribution in [0.25, 0.3) is 0 Å². The first-order chi connectivity index (χ1) is 6.19. The highest BCUT2D eigenvalue weighted by Gasteiger charge is 2.16.